The summed E-state index contributed by atoms with van der Waals surface area (Å²) < 4.78 is 1.38. The summed E-state index contributed by atoms with van der Waals surface area (Å²) in [5, 5.41) is 11.9. The topological polar surface area (TPSA) is 98.8 Å². The molecule has 2 aliphatic rings. The van der Waals surface area contributed by atoms with E-state index < -0.39 is 0 Å². The fourth-order valence-electron chi connectivity index (χ4n) is 6.07. The Kier molecular flexibility index (Phi) is 5.00. The minimum atomic E-state index is -0.366. The van der Waals surface area contributed by atoms with E-state index in [0.717, 1.165) is 32.3 Å². The summed E-state index contributed by atoms with van der Waals surface area (Å²) in [5.74, 6) is -1.44. The number of nitrogens with one attached hydrogen (secondary N) is 2. The third-order valence-corrected chi connectivity index (χ3v) is 8.79. The van der Waals surface area contributed by atoms with Crippen LogP contribution in [0, 0.1) is 0 Å². The first-order chi connectivity index (χ1) is 18.3. The molecule has 8 nitrogen and oxygen atoms in total. The molecule has 2 aliphatic heterocycles. The largest absolute Gasteiger partial charge is 0.302 e. The number of benzene rings is 5. The van der Waals surface area contributed by atoms with Crippen molar-refractivity contribution in [2.24, 2.45) is 0 Å². The molecular weight excluding hydrogens is 616 g/mol. The summed E-state index contributed by atoms with van der Waals surface area (Å²) in [5.41, 5.74) is 1.81. The van der Waals surface area contributed by atoms with Crippen LogP contribution in [-0.2, 0) is 0 Å². The van der Waals surface area contributed by atoms with Crippen molar-refractivity contribution in [2.45, 2.75) is 0 Å². The highest BCUT2D eigenvalue weighted by molar-refractivity contribution is 9.11. The maximum Gasteiger partial charge on any atom is 0.262 e. The minimum Gasteiger partial charge on any atom is -0.302 e. The van der Waals surface area contributed by atoms with Crippen LogP contribution in [0.15, 0.2) is 45.3 Å². The third kappa shape index (κ3) is 2.75. The summed E-state index contributed by atoms with van der Waals surface area (Å²) in [6, 6.07) is 10.8. The van der Waals surface area contributed by atoms with E-state index in [1.54, 1.807) is 38.4 Å². The number of hydrogen-bond donors (Lipinski definition) is 2. The lowest BCUT2D eigenvalue weighted by atomic mass is 9.82. The van der Waals surface area contributed by atoms with E-state index in [0.29, 0.717) is 42.0 Å². The van der Waals surface area contributed by atoms with Crippen molar-refractivity contribution >= 4 is 98.6 Å². The number of fused-ring (bicyclic) bond motifs is 2. The molecule has 0 aliphatic carbocycles. The van der Waals surface area contributed by atoms with E-state index in [9.17, 15) is 19.2 Å². The predicted molar refractivity (Wildman–Crippen MR) is 152 cm³/mol. The van der Waals surface area contributed by atoms with Crippen molar-refractivity contribution in [1.82, 2.24) is 20.4 Å². The van der Waals surface area contributed by atoms with Crippen LogP contribution in [0.25, 0.3) is 43.1 Å². The predicted octanol–water partition coefficient (Wildman–Crippen LogP) is 4.81. The Morgan fingerprint density at radius 3 is 1.37 bits per heavy atom. The van der Waals surface area contributed by atoms with Crippen molar-refractivity contribution in [1.29, 1.82) is 0 Å². The minimum absolute atomic E-state index is 0.0949. The molecule has 5 aromatic carbocycles. The number of carbonyl (C=O) groups is 4. The smallest absolute Gasteiger partial charge is 0.262 e. The van der Waals surface area contributed by atoms with Gasteiger partial charge in [0.05, 0.1) is 13.3 Å². The van der Waals surface area contributed by atoms with Gasteiger partial charge in [0.1, 0.15) is 0 Å². The van der Waals surface area contributed by atoms with Gasteiger partial charge in [-0.15, -0.1) is 0 Å². The molecule has 0 fully saturated rings. The molecule has 0 aromatic heterocycles. The zero-order valence-corrected chi connectivity index (χ0v) is 23.3. The summed E-state index contributed by atoms with van der Waals surface area (Å²) in [6.07, 6.45) is 0. The molecule has 0 saturated heterocycles. The van der Waals surface area contributed by atoms with Gasteiger partial charge in [-0.25, -0.2) is 0 Å². The molecule has 7 rings (SSSR count). The molecular formula is C28H18Br2N4O4. The maximum atomic E-state index is 13.4. The van der Waals surface area contributed by atoms with Gasteiger partial charge < -0.3 is 10.6 Å². The van der Waals surface area contributed by atoms with E-state index in [2.05, 4.69) is 42.5 Å². The molecule has 188 valence electrons. The molecule has 0 spiro atoms. The van der Waals surface area contributed by atoms with Gasteiger partial charge in [-0.2, -0.15) is 0 Å². The standard InChI is InChI=1S/C28H18Br2N4O4/c1-31-9-33-25(35)13-5-3-11-19-12(4-6-14(20(13)19)26(33)36)23-18(30)8-16-21-15(7-17(29)22(11)24(21)23)27(37)34(10-32-2)28(16)38/h3-8,31-32H,9-10H2,1-2H3. The Labute approximate surface area is 232 Å². The third-order valence-electron chi connectivity index (χ3n) is 7.54. The molecule has 0 radical (unpaired) electrons. The van der Waals surface area contributed by atoms with Gasteiger partial charge in [-0.1, -0.05) is 44.0 Å². The van der Waals surface area contributed by atoms with Gasteiger partial charge in [0, 0.05) is 58.1 Å². The Hall–Kier alpha value is -3.44. The molecule has 0 unspecified atom stereocenters. The van der Waals surface area contributed by atoms with Gasteiger partial charge in [0.25, 0.3) is 23.6 Å². The van der Waals surface area contributed by atoms with Gasteiger partial charge in [0.2, 0.25) is 0 Å². The Morgan fingerprint density at radius 1 is 0.553 bits per heavy atom. The van der Waals surface area contributed by atoms with Crippen LogP contribution < -0.4 is 10.6 Å². The molecule has 5 aromatic rings. The molecule has 2 heterocycles. The van der Waals surface area contributed by atoms with Crippen LogP contribution in [0.1, 0.15) is 41.4 Å². The summed E-state index contributed by atoms with van der Waals surface area (Å²) in [6.45, 7) is 0.206. The molecule has 2 N–H and O–H groups in total. The highest BCUT2D eigenvalue weighted by Gasteiger charge is 2.37. The number of hydrogen-bond acceptors (Lipinski definition) is 6. The average Bonchev–Trinajstić information content (AvgIpc) is 2.90. The van der Waals surface area contributed by atoms with Crippen molar-refractivity contribution in [2.75, 3.05) is 27.4 Å². The number of nitrogens with zero attached hydrogens (tertiary/aromatic N) is 2. The molecule has 10 heteroatoms. The van der Waals surface area contributed by atoms with E-state index in [1.807, 2.05) is 12.1 Å². The second kappa shape index (κ2) is 8.03. The average molecular weight is 634 g/mol. The highest BCUT2D eigenvalue weighted by atomic mass is 79.9. The monoisotopic (exact) mass is 632 g/mol. The first-order valence-electron chi connectivity index (χ1n) is 11.9. The first-order valence-corrected chi connectivity index (χ1v) is 13.5. The summed E-state index contributed by atoms with van der Waals surface area (Å²) in [7, 11) is 3.37. The van der Waals surface area contributed by atoms with Crippen molar-refractivity contribution < 1.29 is 19.2 Å². The van der Waals surface area contributed by atoms with Crippen molar-refractivity contribution in [3.8, 4) is 0 Å². The molecule has 0 bridgehead atoms. The van der Waals surface area contributed by atoms with Gasteiger partial charge in [0.15, 0.2) is 0 Å². The lowest BCUT2D eigenvalue weighted by Gasteiger charge is -2.30. The van der Waals surface area contributed by atoms with Crippen LogP contribution in [-0.4, -0.2) is 60.9 Å². The zero-order chi connectivity index (χ0) is 26.6. The van der Waals surface area contributed by atoms with Crippen LogP contribution in [0.5, 0.6) is 0 Å². The Bertz CT molecular complexity index is 1840. The van der Waals surface area contributed by atoms with E-state index in [4.69, 9.17) is 0 Å². The second-order valence-electron chi connectivity index (χ2n) is 9.48. The van der Waals surface area contributed by atoms with Gasteiger partial charge in [-0.3, -0.25) is 29.0 Å². The molecule has 0 saturated carbocycles. The quantitative estimate of drug-likeness (QED) is 0.168. The van der Waals surface area contributed by atoms with Crippen molar-refractivity contribution in [3.63, 3.8) is 0 Å². The molecule has 4 amide bonds. The van der Waals surface area contributed by atoms with E-state index in [-0.39, 0.29) is 37.0 Å². The van der Waals surface area contributed by atoms with Crippen LogP contribution in [0.2, 0.25) is 0 Å². The van der Waals surface area contributed by atoms with Crippen LogP contribution >= 0.6 is 31.9 Å². The number of rotatable bonds is 4. The fraction of sp³-hybridized carbons (Fsp3) is 0.143. The van der Waals surface area contributed by atoms with Crippen molar-refractivity contribution in [3.05, 3.63) is 67.6 Å². The summed E-state index contributed by atoms with van der Waals surface area (Å²) in [4.78, 5) is 56.0. The lowest BCUT2D eigenvalue weighted by Crippen LogP contribution is -2.44. The van der Waals surface area contributed by atoms with E-state index >= 15 is 0 Å². The Morgan fingerprint density at radius 2 is 0.947 bits per heavy atom. The second-order valence-corrected chi connectivity index (χ2v) is 11.2. The van der Waals surface area contributed by atoms with Gasteiger partial charge >= 0.3 is 0 Å². The number of halogens is 2. The number of carbonyl (C=O) groups excluding carboxylic acids is 4. The summed E-state index contributed by atoms with van der Waals surface area (Å²) >= 11 is 7.43. The molecule has 0 atom stereocenters. The maximum absolute atomic E-state index is 13.4. The lowest BCUT2D eigenvalue weighted by molar-refractivity contribution is 0.0586. The molecule has 38 heavy (non-hydrogen) atoms. The highest BCUT2D eigenvalue weighted by Crippen LogP contribution is 2.50. The SMILES string of the molecule is CNCN1C(=O)c2ccc3c4c(Br)cc5c6c(cc(Br)c(c7ccc(c2c37)C1=O)c64)C(=O)N(CNC)C5=O. The number of imide groups is 2. The fourth-order valence-corrected chi connectivity index (χ4v) is 7.35. The normalized spacial score (nSPS) is 15.4. The zero-order valence-electron chi connectivity index (χ0n) is 20.2. The van der Waals surface area contributed by atoms with Crippen LogP contribution in [0.3, 0.4) is 0 Å². The first kappa shape index (κ1) is 23.7. The van der Waals surface area contributed by atoms with E-state index in [1.165, 1.54) is 9.80 Å². The number of amides is 4. The van der Waals surface area contributed by atoms with Gasteiger partial charge in [-0.05, 0) is 54.5 Å². The Balaban J connectivity index is 1.69. The van der Waals surface area contributed by atoms with Crippen LogP contribution in [0.4, 0.5) is 0 Å².